The van der Waals surface area contributed by atoms with E-state index in [1.165, 1.54) is 6.08 Å². The third-order valence-corrected chi connectivity index (χ3v) is 5.49. The van der Waals surface area contributed by atoms with Crippen LogP contribution in [0.2, 0.25) is 0 Å². The number of benzene rings is 1. The van der Waals surface area contributed by atoms with Gasteiger partial charge in [0.15, 0.2) is 6.61 Å². The van der Waals surface area contributed by atoms with Crippen LogP contribution in [-0.4, -0.2) is 35.0 Å². The minimum atomic E-state index is -0.883. The monoisotopic (exact) mass is 462 g/mol. The number of carbonyl (C=O) groups excluding carboxylic acids is 3. The van der Waals surface area contributed by atoms with Crippen LogP contribution in [0.3, 0.4) is 0 Å². The van der Waals surface area contributed by atoms with Crippen LogP contribution in [-0.2, 0) is 20.9 Å². The lowest BCUT2D eigenvalue weighted by Gasteiger charge is -2.12. The Morgan fingerprint density at radius 2 is 1.94 bits per heavy atom. The number of nitriles is 1. The molecule has 0 spiro atoms. The number of rotatable bonds is 9. The van der Waals surface area contributed by atoms with Gasteiger partial charge in [0.1, 0.15) is 11.6 Å². The van der Waals surface area contributed by atoms with E-state index in [4.69, 9.17) is 4.74 Å². The number of nitrogens with one attached hydrogen (secondary N) is 2. The number of aromatic nitrogens is 1. The van der Waals surface area contributed by atoms with Gasteiger partial charge in [-0.1, -0.05) is 26.0 Å². The first-order valence-electron chi connectivity index (χ1n) is 11.3. The van der Waals surface area contributed by atoms with Gasteiger partial charge in [-0.3, -0.25) is 9.59 Å². The Morgan fingerprint density at radius 1 is 1.24 bits per heavy atom. The number of amides is 2. The molecular weight excluding hydrogens is 432 g/mol. The Kier molecular flexibility index (Phi) is 7.90. The van der Waals surface area contributed by atoms with Crippen LogP contribution >= 0.6 is 0 Å². The molecule has 178 valence electrons. The third-order valence-electron chi connectivity index (χ3n) is 5.49. The van der Waals surface area contributed by atoms with Gasteiger partial charge in [0.05, 0.1) is 11.3 Å². The normalized spacial score (nSPS) is 13.4. The Hall–Kier alpha value is -3.86. The van der Waals surface area contributed by atoms with E-state index < -0.39 is 18.5 Å². The largest absolute Gasteiger partial charge is 0.451 e. The molecule has 0 unspecified atom stereocenters. The summed E-state index contributed by atoms with van der Waals surface area (Å²) >= 11 is 0. The van der Waals surface area contributed by atoms with E-state index in [9.17, 15) is 19.6 Å². The molecule has 3 rings (SSSR count). The molecule has 34 heavy (non-hydrogen) atoms. The number of para-hydroxylation sites is 1. The molecule has 0 aliphatic heterocycles. The number of aryl methyl sites for hydroxylation is 1. The lowest BCUT2D eigenvalue weighted by atomic mass is 10.1. The Balaban J connectivity index is 1.63. The van der Waals surface area contributed by atoms with Gasteiger partial charge >= 0.3 is 5.97 Å². The summed E-state index contributed by atoms with van der Waals surface area (Å²) in [6, 6.07) is 10.6. The first-order valence-corrected chi connectivity index (χ1v) is 11.3. The summed E-state index contributed by atoms with van der Waals surface area (Å²) in [6.45, 7) is 8.40. The van der Waals surface area contributed by atoms with Gasteiger partial charge < -0.3 is 19.9 Å². The van der Waals surface area contributed by atoms with Gasteiger partial charge in [0.2, 0.25) is 0 Å². The maximum absolute atomic E-state index is 12.5. The van der Waals surface area contributed by atoms with E-state index >= 15 is 0 Å². The Bertz CT molecular complexity index is 1170. The van der Waals surface area contributed by atoms with Crippen LogP contribution < -0.4 is 10.6 Å². The summed E-state index contributed by atoms with van der Waals surface area (Å²) in [7, 11) is 0. The van der Waals surface area contributed by atoms with E-state index in [0.29, 0.717) is 17.2 Å². The molecule has 1 saturated carbocycles. The van der Waals surface area contributed by atoms with Crippen molar-refractivity contribution >= 4 is 29.5 Å². The second-order valence-corrected chi connectivity index (χ2v) is 8.92. The molecular formula is C26H30N4O4. The molecule has 8 nitrogen and oxygen atoms in total. The Labute approximate surface area is 199 Å². The molecule has 1 aromatic carbocycles. The summed E-state index contributed by atoms with van der Waals surface area (Å²) in [5.41, 5.74) is 3.21. The van der Waals surface area contributed by atoms with Gasteiger partial charge in [-0.25, -0.2) is 4.79 Å². The number of anilines is 1. The number of hydrogen-bond acceptors (Lipinski definition) is 5. The average Bonchev–Trinajstić information content (AvgIpc) is 3.57. The van der Waals surface area contributed by atoms with Crippen LogP contribution in [0.25, 0.3) is 6.08 Å². The van der Waals surface area contributed by atoms with E-state index in [-0.39, 0.29) is 17.5 Å². The lowest BCUT2D eigenvalue weighted by molar-refractivity contribution is -0.142. The highest BCUT2D eigenvalue weighted by atomic mass is 16.5. The lowest BCUT2D eigenvalue weighted by Crippen LogP contribution is -2.28. The maximum Gasteiger partial charge on any atom is 0.349 e. The number of hydrogen-bond donors (Lipinski definition) is 2. The molecule has 0 radical (unpaired) electrons. The molecule has 1 aliphatic rings. The smallest absolute Gasteiger partial charge is 0.349 e. The van der Waals surface area contributed by atoms with E-state index in [1.54, 1.807) is 24.3 Å². The summed E-state index contributed by atoms with van der Waals surface area (Å²) in [5, 5.41) is 15.0. The minimum absolute atomic E-state index is 0.183. The van der Waals surface area contributed by atoms with Gasteiger partial charge in [-0.2, -0.15) is 5.26 Å². The van der Waals surface area contributed by atoms with Crippen molar-refractivity contribution in [3.05, 3.63) is 58.4 Å². The summed E-state index contributed by atoms with van der Waals surface area (Å²) in [6.07, 6.45) is 3.38. The van der Waals surface area contributed by atoms with Crippen molar-refractivity contribution in [2.24, 2.45) is 5.92 Å². The van der Waals surface area contributed by atoms with Crippen molar-refractivity contribution in [2.45, 2.75) is 53.1 Å². The minimum Gasteiger partial charge on any atom is -0.451 e. The molecule has 0 atom stereocenters. The number of carbonyl (C=O) groups is 3. The van der Waals surface area contributed by atoms with Crippen molar-refractivity contribution in [3.8, 4) is 6.07 Å². The topological polar surface area (TPSA) is 113 Å². The maximum atomic E-state index is 12.5. The molecule has 1 fully saturated rings. The van der Waals surface area contributed by atoms with Crippen LogP contribution in [0.1, 0.15) is 54.0 Å². The first-order chi connectivity index (χ1) is 16.2. The third kappa shape index (κ3) is 6.35. The second-order valence-electron chi connectivity index (χ2n) is 8.92. The fourth-order valence-corrected chi connectivity index (χ4v) is 3.59. The quantitative estimate of drug-likeness (QED) is 0.335. The second kappa shape index (κ2) is 10.8. The van der Waals surface area contributed by atoms with Crippen LogP contribution in [0, 0.1) is 31.1 Å². The molecule has 0 saturated heterocycles. The molecule has 2 N–H and O–H groups in total. The van der Waals surface area contributed by atoms with Crippen molar-refractivity contribution in [2.75, 3.05) is 11.9 Å². The van der Waals surface area contributed by atoms with Gasteiger partial charge in [-0.15, -0.1) is 0 Å². The zero-order chi connectivity index (χ0) is 24.8. The molecule has 2 aromatic rings. The first kappa shape index (κ1) is 24.8. The predicted molar refractivity (Wildman–Crippen MR) is 129 cm³/mol. The number of ether oxygens (including phenoxy) is 1. The molecule has 1 heterocycles. The molecule has 0 bridgehead atoms. The zero-order valence-electron chi connectivity index (χ0n) is 20.0. The molecule has 2 amide bonds. The van der Waals surface area contributed by atoms with Crippen molar-refractivity contribution in [3.63, 3.8) is 0 Å². The van der Waals surface area contributed by atoms with Crippen LogP contribution in [0.5, 0.6) is 0 Å². The highest BCUT2D eigenvalue weighted by molar-refractivity contribution is 6.05. The SMILES string of the molecule is Cc1cc(/C=C(/C#N)C(=O)OCC(=O)Nc2ccccc2C(=O)NC2CC2)c(C)n1CC(C)C. The van der Waals surface area contributed by atoms with Gasteiger partial charge in [-0.05, 0) is 62.4 Å². The standard InChI is InChI=1S/C26H30N4O4/c1-16(2)14-30-17(3)11-19(18(30)4)12-20(13-27)26(33)34-15-24(31)29-23-8-6-5-7-22(23)25(32)28-21-9-10-21/h5-8,11-12,16,21H,9-10,14-15H2,1-4H3,(H,28,32)(H,29,31)/b20-12-. The summed E-state index contributed by atoms with van der Waals surface area (Å²) in [4.78, 5) is 37.2. The molecule has 1 aliphatic carbocycles. The van der Waals surface area contributed by atoms with Crippen molar-refractivity contribution in [1.82, 2.24) is 9.88 Å². The van der Waals surface area contributed by atoms with Gasteiger partial charge in [0.25, 0.3) is 11.8 Å². The summed E-state index contributed by atoms with van der Waals surface area (Å²) in [5.74, 6) is -1.30. The molecule has 1 aromatic heterocycles. The highest BCUT2D eigenvalue weighted by Crippen LogP contribution is 2.22. The molecule has 8 heteroatoms. The highest BCUT2D eigenvalue weighted by Gasteiger charge is 2.25. The van der Waals surface area contributed by atoms with Crippen LogP contribution in [0.4, 0.5) is 5.69 Å². The van der Waals surface area contributed by atoms with Crippen molar-refractivity contribution in [1.29, 1.82) is 5.26 Å². The summed E-state index contributed by atoms with van der Waals surface area (Å²) < 4.78 is 7.21. The fourth-order valence-electron chi connectivity index (χ4n) is 3.59. The van der Waals surface area contributed by atoms with E-state index in [2.05, 4.69) is 29.0 Å². The Morgan fingerprint density at radius 3 is 2.59 bits per heavy atom. The predicted octanol–water partition coefficient (Wildman–Crippen LogP) is 3.74. The zero-order valence-corrected chi connectivity index (χ0v) is 20.0. The van der Waals surface area contributed by atoms with Gasteiger partial charge in [0, 0.05) is 24.0 Å². The fraction of sp³-hybridized carbons (Fsp3) is 0.385. The number of esters is 1. The average molecular weight is 463 g/mol. The number of nitrogens with zero attached hydrogens (tertiary/aromatic N) is 2. The van der Waals surface area contributed by atoms with Crippen LogP contribution in [0.15, 0.2) is 35.9 Å². The van der Waals surface area contributed by atoms with Crippen molar-refractivity contribution < 1.29 is 19.1 Å². The van der Waals surface area contributed by atoms with E-state index in [0.717, 1.165) is 36.3 Å². The van der Waals surface area contributed by atoms with E-state index in [1.807, 2.05) is 26.0 Å².